The molecule has 2 aromatic carbocycles. The maximum Gasteiger partial charge on any atom is 0.250 e. The Morgan fingerprint density at radius 3 is 2.39 bits per heavy atom. The highest BCUT2D eigenvalue weighted by atomic mass is 35.5. The minimum Gasteiger partial charge on any atom is -0.497 e. The standard InChI is InChI=1S/C22H23ClN2O3/c1-14-19(22(24)26)13-20(15-4-6-17(23)7-5-15)25(14)11-10-16-12-18(27-2)8-9-21(16)28-3/h4-9,12-13H,10-11H2,1-3H3,(H2,24,26). The summed E-state index contributed by atoms with van der Waals surface area (Å²) < 4.78 is 12.9. The Bertz CT molecular complexity index is 994. The van der Waals surface area contributed by atoms with Gasteiger partial charge in [-0.05, 0) is 60.9 Å². The number of ether oxygens (including phenoxy) is 2. The normalized spacial score (nSPS) is 10.7. The molecule has 5 nitrogen and oxygen atoms in total. The number of aromatic nitrogens is 1. The molecule has 3 rings (SSSR count). The summed E-state index contributed by atoms with van der Waals surface area (Å²) in [6.45, 7) is 2.56. The van der Waals surface area contributed by atoms with Crippen molar-refractivity contribution in [1.82, 2.24) is 4.57 Å². The quantitative estimate of drug-likeness (QED) is 0.638. The van der Waals surface area contributed by atoms with Crippen LogP contribution in [0.3, 0.4) is 0 Å². The third-order valence-corrected chi connectivity index (χ3v) is 5.12. The van der Waals surface area contributed by atoms with Crippen molar-refractivity contribution in [3.8, 4) is 22.8 Å². The fourth-order valence-electron chi connectivity index (χ4n) is 3.35. The molecule has 146 valence electrons. The molecule has 1 aromatic heterocycles. The molecule has 0 atom stereocenters. The van der Waals surface area contributed by atoms with E-state index >= 15 is 0 Å². The van der Waals surface area contributed by atoms with E-state index in [2.05, 4.69) is 4.57 Å². The summed E-state index contributed by atoms with van der Waals surface area (Å²) in [6, 6.07) is 15.1. The number of amides is 1. The van der Waals surface area contributed by atoms with Crippen molar-refractivity contribution < 1.29 is 14.3 Å². The number of nitrogens with zero attached hydrogens (tertiary/aromatic N) is 1. The van der Waals surface area contributed by atoms with Gasteiger partial charge >= 0.3 is 0 Å². The lowest BCUT2D eigenvalue weighted by molar-refractivity contribution is 0.0999. The first-order valence-electron chi connectivity index (χ1n) is 8.91. The number of carbonyl (C=O) groups is 1. The van der Waals surface area contributed by atoms with Gasteiger partial charge in [-0.3, -0.25) is 4.79 Å². The van der Waals surface area contributed by atoms with E-state index in [1.165, 1.54) is 0 Å². The minimum absolute atomic E-state index is 0.439. The van der Waals surface area contributed by atoms with Crippen LogP contribution in [-0.4, -0.2) is 24.7 Å². The summed E-state index contributed by atoms with van der Waals surface area (Å²) in [7, 11) is 3.29. The van der Waals surface area contributed by atoms with Crippen molar-refractivity contribution in [2.45, 2.75) is 19.9 Å². The molecular formula is C22H23ClN2O3. The summed E-state index contributed by atoms with van der Waals surface area (Å²) in [4.78, 5) is 11.9. The van der Waals surface area contributed by atoms with Gasteiger partial charge in [-0.25, -0.2) is 0 Å². The molecule has 2 N–H and O–H groups in total. The highest BCUT2D eigenvalue weighted by Crippen LogP contribution is 2.29. The van der Waals surface area contributed by atoms with Gasteiger partial charge in [0.25, 0.3) is 5.91 Å². The van der Waals surface area contributed by atoms with Crippen LogP contribution in [0, 0.1) is 6.92 Å². The zero-order valence-corrected chi connectivity index (χ0v) is 16.9. The van der Waals surface area contributed by atoms with E-state index in [1.807, 2.05) is 55.5 Å². The van der Waals surface area contributed by atoms with Gasteiger partial charge in [0.15, 0.2) is 0 Å². The van der Waals surface area contributed by atoms with Gasteiger partial charge in [-0.1, -0.05) is 23.7 Å². The van der Waals surface area contributed by atoms with Crippen LogP contribution >= 0.6 is 11.6 Å². The lowest BCUT2D eigenvalue weighted by Crippen LogP contribution is -2.13. The number of rotatable bonds is 7. The van der Waals surface area contributed by atoms with Gasteiger partial charge in [0, 0.05) is 23.0 Å². The second-order valence-electron chi connectivity index (χ2n) is 6.48. The summed E-state index contributed by atoms with van der Waals surface area (Å²) in [5, 5.41) is 0.662. The number of hydrogen-bond acceptors (Lipinski definition) is 3. The van der Waals surface area contributed by atoms with Gasteiger partial charge < -0.3 is 19.8 Å². The molecule has 0 fully saturated rings. The van der Waals surface area contributed by atoms with E-state index in [9.17, 15) is 4.79 Å². The molecule has 3 aromatic rings. The molecule has 0 spiro atoms. The first kappa shape index (κ1) is 19.8. The average molecular weight is 399 g/mol. The lowest BCUT2D eigenvalue weighted by atomic mass is 10.1. The van der Waals surface area contributed by atoms with E-state index in [1.54, 1.807) is 14.2 Å². The Hall–Kier alpha value is -2.92. The molecule has 0 aliphatic rings. The number of halogens is 1. The summed E-state index contributed by atoms with van der Waals surface area (Å²) in [6.07, 6.45) is 0.703. The Kier molecular flexibility index (Phi) is 5.95. The second-order valence-corrected chi connectivity index (χ2v) is 6.92. The lowest BCUT2D eigenvalue weighted by Gasteiger charge is -2.15. The fourth-order valence-corrected chi connectivity index (χ4v) is 3.48. The Labute approximate surface area is 169 Å². The molecule has 1 amide bonds. The number of carbonyl (C=O) groups excluding carboxylic acids is 1. The number of primary amides is 1. The minimum atomic E-state index is -0.439. The Balaban J connectivity index is 1.99. The first-order valence-corrected chi connectivity index (χ1v) is 9.29. The van der Waals surface area contributed by atoms with Crippen LogP contribution in [0.1, 0.15) is 21.6 Å². The van der Waals surface area contributed by atoms with Crippen molar-refractivity contribution in [3.63, 3.8) is 0 Å². The Morgan fingerprint density at radius 2 is 1.79 bits per heavy atom. The van der Waals surface area contributed by atoms with Crippen molar-refractivity contribution >= 4 is 17.5 Å². The van der Waals surface area contributed by atoms with Gasteiger partial charge in [0.1, 0.15) is 11.5 Å². The van der Waals surface area contributed by atoms with Crippen LogP contribution < -0.4 is 15.2 Å². The molecule has 0 aliphatic heterocycles. The van der Waals surface area contributed by atoms with Gasteiger partial charge in [-0.2, -0.15) is 0 Å². The maximum absolute atomic E-state index is 11.9. The summed E-state index contributed by atoms with van der Waals surface area (Å²) in [5.41, 5.74) is 9.85. The summed E-state index contributed by atoms with van der Waals surface area (Å²) >= 11 is 6.02. The van der Waals surface area contributed by atoms with E-state index in [0.717, 1.165) is 34.0 Å². The molecule has 1 heterocycles. The van der Waals surface area contributed by atoms with Gasteiger partial charge in [-0.15, -0.1) is 0 Å². The molecule has 0 unspecified atom stereocenters. The van der Waals surface area contributed by atoms with E-state index in [0.29, 0.717) is 23.6 Å². The van der Waals surface area contributed by atoms with Crippen molar-refractivity contribution in [2.24, 2.45) is 5.73 Å². The summed E-state index contributed by atoms with van der Waals surface area (Å²) in [5.74, 6) is 1.13. The van der Waals surface area contributed by atoms with Gasteiger partial charge in [0.2, 0.25) is 0 Å². The smallest absolute Gasteiger partial charge is 0.250 e. The average Bonchev–Trinajstić information content (AvgIpc) is 3.03. The first-order chi connectivity index (χ1) is 13.4. The van der Waals surface area contributed by atoms with Crippen molar-refractivity contribution in [3.05, 3.63) is 70.4 Å². The van der Waals surface area contributed by atoms with E-state index in [4.69, 9.17) is 26.8 Å². The van der Waals surface area contributed by atoms with Crippen molar-refractivity contribution in [1.29, 1.82) is 0 Å². The van der Waals surface area contributed by atoms with E-state index in [-0.39, 0.29) is 0 Å². The Morgan fingerprint density at radius 1 is 1.07 bits per heavy atom. The molecule has 0 radical (unpaired) electrons. The predicted octanol–water partition coefficient (Wildman–Crippen LogP) is 4.48. The third-order valence-electron chi connectivity index (χ3n) is 4.86. The zero-order chi connectivity index (χ0) is 20.3. The van der Waals surface area contributed by atoms with Gasteiger partial charge in [0.05, 0.1) is 19.8 Å². The SMILES string of the molecule is COc1ccc(OC)c(CCn2c(-c3ccc(Cl)cc3)cc(C(N)=O)c2C)c1. The maximum atomic E-state index is 11.9. The predicted molar refractivity (Wildman–Crippen MR) is 111 cm³/mol. The second kappa shape index (κ2) is 8.40. The number of aryl methyl sites for hydroxylation is 1. The molecule has 6 heteroatoms. The number of benzene rings is 2. The molecule has 0 bridgehead atoms. The van der Waals surface area contributed by atoms with E-state index < -0.39 is 5.91 Å². The van der Waals surface area contributed by atoms with Crippen LogP contribution in [0.15, 0.2) is 48.5 Å². The molecule has 0 saturated heterocycles. The van der Waals surface area contributed by atoms with Crippen LogP contribution in [0.4, 0.5) is 0 Å². The molecule has 0 aliphatic carbocycles. The third kappa shape index (κ3) is 3.99. The molecule has 0 saturated carbocycles. The van der Waals surface area contributed by atoms with Crippen LogP contribution in [0.25, 0.3) is 11.3 Å². The number of methoxy groups -OCH3 is 2. The molecular weight excluding hydrogens is 376 g/mol. The topological polar surface area (TPSA) is 66.5 Å². The highest BCUT2D eigenvalue weighted by Gasteiger charge is 2.17. The highest BCUT2D eigenvalue weighted by molar-refractivity contribution is 6.30. The monoisotopic (exact) mass is 398 g/mol. The number of nitrogens with two attached hydrogens (primary N) is 1. The van der Waals surface area contributed by atoms with Crippen LogP contribution in [0.5, 0.6) is 11.5 Å². The van der Waals surface area contributed by atoms with Crippen LogP contribution in [-0.2, 0) is 13.0 Å². The van der Waals surface area contributed by atoms with Crippen LogP contribution in [0.2, 0.25) is 5.02 Å². The van der Waals surface area contributed by atoms with Crippen molar-refractivity contribution in [2.75, 3.05) is 14.2 Å². The zero-order valence-electron chi connectivity index (χ0n) is 16.2. The number of hydrogen-bond donors (Lipinski definition) is 1. The molecule has 28 heavy (non-hydrogen) atoms. The fraction of sp³-hybridized carbons (Fsp3) is 0.227. The largest absolute Gasteiger partial charge is 0.497 e.